The summed E-state index contributed by atoms with van der Waals surface area (Å²) in [5.74, 6) is -3.09. The highest BCUT2D eigenvalue weighted by atomic mass is 16.4. The van der Waals surface area contributed by atoms with Gasteiger partial charge in [-0.15, -0.1) is 0 Å². The molecule has 0 aromatic heterocycles. The van der Waals surface area contributed by atoms with Gasteiger partial charge in [0.05, 0.1) is 54.2 Å². The first-order valence-corrected chi connectivity index (χ1v) is 9.57. The summed E-state index contributed by atoms with van der Waals surface area (Å²) in [6.07, 6.45) is 0.769. The van der Waals surface area contributed by atoms with Gasteiger partial charge in [0.25, 0.3) is 0 Å². The first-order valence-electron chi connectivity index (χ1n) is 9.57. The van der Waals surface area contributed by atoms with Crippen molar-refractivity contribution in [3.63, 3.8) is 0 Å². The SMILES string of the molecule is C[N+](C)(C)Cc1ccccc1.C[N+](C)(C)Cc1ccccc1.O=C([O-])/C=C/C(=O)[O-]. The van der Waals surface area contributed by atoms with Crippen molar-refractivity contribution in [1.29, 1.82) is 0 Å². The molecular formula is C24H34N2O4. The number of nitrogens with zero attached hydrogens (tertiary/aromatic N) is 2. The van der Waals surface area contributed by atoms with E-state index < -0.39 is 11.9 Å². The molecule has 0 aliphatic heterocycles. The molecule has 0 N–H and O–H groups in total. The van der Waals surface area contributed by atoms with E-state index in [4.69, 9.17) is 0 Å². The zero-order chi connectivity index (χ0) is 23.2. The lowest BCUT2D eigenvalue weighted by Crippen LogP contribution is -2.33. The number of carboxylic acids is 2. The molecule has 2 aromatic rings. The largest absolute Gasteiger partial charge is 0.545 e. The Morgan fingerprint density at radius 1 is 0.633 bits per heavy atom. The Kier molecular flexibility index (Phi) is 12.0. The van der Waals surface area contributed by atoms with Gasteiger partial charge in [0, 0.05) is 11.1 Å². The van der Waals surface area contributed by atoms with Gasteiger partial charge < -0.3 is 28.8 Å². The van der Waals surface area contributed by atoms with Crippen LogP contribution in [0.25, 0.3) is 0 Å². The normalized spacial score (nSPS) is 11.0. The highest BCUT2D eigenvalue weighted by Gasteiger charge is 2.07. The van der Waals surface area contributed by atoms with E-state index in [1.165, 1.54) is 11.1 Å². The third-order valence-corrected chi connectivity index (χ3v) is 3.35. The predicted octanol–water partition coefficient (Wildman–Crippen LogP) is 0.828. The van der Waals surface area contributed by atoms with Crippen molar-refractivity contribution < 1.29 is 28.8 Å². The number of aliphatic carboxylic acids is 2. The lowest BCUT2D eigenvalue weighted by molar-refractivity contribution is -0.884. The summed E-state index contributed by atoms with van der Waals surface area (Å²) in [5.41, 5.74) is 2.81. The van der Waals surface area contributed by atoms with Crippen LogP contribution in [0.2, 0.25) is 0 Å². The Balaban J connectivity index is 0.000000428. The fourth-order valence-corrected chi connectivity index (χ4v) is 2.40. The molecular weight excluding hydrogens is 380 g/mol. The first kappa shape index (κ1) is 27.0. The molecule has 0 amide bonds. The van der Waals surface area contributed by atoms with E-state index in [9.17, 15) is 19.8 Å². The fraction of sp³-hybridized carbons (Fsp3) is 0.333. The Morgan fingerprint density at radius 2 is 0.900 bits per heavy atom. The Morgan fingerprint density at radius 3 is 1.10 bits per heavy atom. The van der Waals surface area contributed by atoms with Gasteiger partial charge in [0.2, 0.25) is 0 Å². The Hall–Kier alpha value is -2.96. The van der Waals surface area contributed by atoms with Crippen molar-refractivity contribution in [3.05, 3.63) is 83.9 Å². The summed E-state index contributed by atoms with van der Waals surface area (Å²) in [7, 11) is 13.2. The maximum atomic E-state index is 9.41. The van der Waals surface area contributed by atoms with Gasteiger partial charge in [0.15, 0.2) is 0 Å². The molecule has 6 heteroatoms. The predicted molar refractivity (Wildman–Crippen MR) is 116 cm³/mol. The average Bonchev–Trinajstić information content (AvgIpc) is 2.60. The molecule has 164 valence electrons. The standard InChI is InChI=1S/2C10H16N.C4H4O4/c2*1-11(2,3)9-10-7-5-4-6-8-10;5-3(6)1-2-4(7)8/h2*4-8H,9H2,1-3H3;1-2H,(H,5,6)(H,7,8)/q2*+1;/p-2/b;;2-1+. The summed E-state index contributed by atoms with van der Waals surface area (Å²) in [6.45, 7) is 2.20. The minimum absolute atomic E-state index is 0.384. The number of carboxylic acid groups (broad SMARTS) is 2. The molecule has 0 saturated heterocycles. The number of carbonyl (C=O) groups excluding carboxylic acids is 2. The third-order valence-electron chi connectivity index (χ3n) is 3.35. The molecule has 30 heavy (non-hydrogen) atoms. The van der Waals surface area contributed by atoms with E-state index in [2.05, 4.69) is 103 Å². The molecule has 0 heterocycles. The zero-order valence-electron chi connectivity index (χ0n) is 18.9. The van der Waals surface area contributed by atoms with Gasteiger partial charge in [-0.25, -0.2) is 0 Å². The molecule has 0 radical (unpaired) electrons. The van der Waals surface area contributed by atoms with Crippen LogP contribution in [0.4, 0.5) is 0 Å². The number of hydrogen-bond donors (Lipinski definition) is 0. The smallest absolute Gasteiger partial charge is 0.104 e. The van der Waals surface area contributed by atoms with Crippen LogP contribution < -0.4 is 10.2 Å². The van der Waals surface area contributed by atoms with Crippen molar-refractivity contribution in [2.24, 2.45) is 0 Å². The van der Waals surface area contributed by atoms with E-state index in [0.717, 1.165) is 22.1 Å². The van der Waals surface area contributed by atoms with Gasteiger partial charge >= 0.3 is 0 Å². The lowest BCUT2D eigenvalue weighted by atomic mass is 10.2. The van der Waals surface area contributed by atoms with Gasteiger partial charge in [-0.1, -0.05) is 60.7 Å². The Bertz CT molecular complexity index is 707. The van der Waals surface area contributed by atoms with Crippen molar-refractivity contribution in [1.82, 2.24) is 0 Å². The second kappa shape index (κ2) is 13.3. The van der Waals surface area contributed by atoms with Gasteiger partial charge in [-0.2, -0.15) is 0 Å². The van der Waals surface area contributed by atoms with Crippen LogP contribution in [0.1, 0.15) is 11.1 Å². The third kappa shape index (κ3) is 18.4. The molecule has 0 aliphatic rings. The number of benzene rings is 2. The van der Waals surface area contributed by atoms with Gasteiger partial charge in [0.1, 0.15) is 13.1 Å². The Labute approximate surface area is 180 Å². The van der Waals surface area contributed by atoms with Crippen LogP contribution >= 0.6 is 0 Å². The van der Waals surface area contributed by atoms with Gasteiger partial charge in [-0.3, -0.25) is 0 Å². The van der Waals surface area contributed by atoms with Crippen molar-refractivity contribution >= 4 is 11.9 Å². The summed E-state index contributed by atoms with van der Waals surface area (Å²) >= 11 is 0. The molecule has 6 nitrogen and oxygen atoms in total. The maximum absolute atomic E-state index is 9.41. The van der Waals surface area contributed by atoms with E-state index >= 15 is 0 Å². The molecule has 0 spiro atoms. The highest BCUT2D eigenvalue weighted by Crippen LogP contribution is 2.05. The maximum Gasteiger partial charge on any atom is 0.104 e. The molecule has 0 aliphatic carbocycles. The molecule has 0 atom stereocenters. The van der Waals surface area contributed by atoms with Crippen molar-refractivity contribution in [2.75, 3.05) is 42.3 Å². The average molecular weight is 415 g/mol. The van der Waals surface area contributed by atoms with E-state index in [1.807, 2.05) is 0 Å². The molecule has 0 fully saturated rings. The van der Waals surface area contributed by atoms with Crippen LogP contribution in [0, 0.1) is 0 Å². The monoisotopic (exact) mass is 414 g/mol. The van der Waals surface area contributed by atoms with Crippen molar-refractivity contribution in [3.8, 4) is 0 Å². The van der Waals surface area contributed by atoms with Crippen LogP contribution in [0.3, 0.4) is 0 Å². The van der Waals surface area contributed by atoms with Gasteiger partial charge in [-0.05, 0) is 12.2 Å². The minimum atomic E-state index is -1.55. The van der Waals surface area contributed by atoms with Crippen LogP contribution in [0.15, 0.2) is 72.8 Å². The lowest BCUT2D eigenvalue weighted by Gasteiger charge is -2.23. The van der Waals surface area contributed by atoms with Crippen molar-refractivity contribution in [2.45, 2.75) is 13.1 Å². The quantitative estimate of drug-likeness (QED) is 0.518. The van der Waals surface area contributed by atoms with Crippen LogP contribution in [-0.2, 0) is 22.7 Å². The summed E-state index contributed by atoms with van der Waals surface area (Å²) in [6, 6.07) is 21.1. The number of hydrogen-bond acceptors (Lipinski definition) is 4. The van der Waals surface area contributed by atoms with E-state index in [1.54, 1.807) is 0 Å². The number of carbonyl (C=O) groups is 2. The first-order chi connectivity index (χ1) is 13.8. The summed E-state index contributed by atoms with van der Waals surface area (Å²) in [5, 5.41) is 18.8. The second-order valence-electron chi connectivity index (χ2n) is 8.84. The molecule has 0 bridgehead atoms. The number of rotatable bonds is 6. The second-order valence-corrected chi connectivity index (χ2v) is 8.84. The van der Waals surface area contributed by atoms with Crippen LogP contribution in [0.5, 0.6) is 0 Å². The fourth-order valence-electron chi connectivity index (χ4n) is 2.40. The summed E-state index contributed by atoms with van der Waals surface area (Å²) < 4.78 is 1.98. The molecule has 2 aromatic carbocycles. The summed E-state index contributed by atoms with van der Waals surface area (Å²) in [4.78, 5) is 18.8. The zero-order valence-corrected chi connectivity index (χ0v) is 18.9. The van der Waals surface area contributed by atoms with E-state index in [-0.39, 0.29) is 0 Å². The minimum Gasteiger partial charge on any atom is -0.545 e. The topological polar surface area (TPSA) is 80.3 Å². The molecule has 2 rings (SSSR count). The molecule has 0 unspecified atom stereocenters. The van der Waals surface area contributed by atoms with E-state index in [0.29, 0.717) is 12.2 Å². The van der Waals surface area contributed by atoms with Crippen LogP contribution in [-0.4, -0.2) is 63.2 Å². The molecule has 0 saturated carbocycles. The number of quaternary nitrogens is 2. The highest BCUT2D eigenvalue weighted by molar-refractivity contribution is 5.87.